The Morgan fingerprint density at radius 1 is 1.40 bits per heavy atom. The van der Waals surface area contributed by atoms with E-state index in [9.17, 15) is 5.26 Å². The number of rotatable bonds is 4. The highest BCUT2D eigenvalue weighted by Gasteiger charge is 2.13. The van der Waals surface area contributed by atoms with Gasteiger partial charge in [-0.3, -0.25) is 4.68 Å². The summed E-state index contributed by atoms with van der Waals surface area (Å²) in [5.41, 5.74) is 2.87. The average molecular weight is 289 g/mol. The topological polar surface area (TPSA) is 54.5 Å². The van der Waals surface area contributed by atoms with Gasteiger partial charge < -0.3 is 0 Å². The van der Waals surface area contributed by atoms with Crippen LogP contribution in [0.15, 0.2) is 18.2 Å². The minimum atomic E-state index is 0.419. The Balaban J connectivity index is 2.36. The van der Waals surface area contributed by atoms with Gasteiger partial charge in [-0.1, -0.05) is 25.4 Å². The molecule has 0 amide bonds. The quantitative estimate of drug-likeness (QED) is 0.804. The SMILES string of the molecule is Cc1ccc(-c2cc(C#N)n(CCC(C)C)n2)c(Cl)n1. The highest BCUT2D eigenvalue weighted by molar-refractivity contribution is 6.32. The molecule has 0 aromatic carbocycles. The maximum atomic E-state index is 9.20. The van der Waals surface area contributed by atoms with E-state index in [1.807, 2.05) is 19.1 Å². The monoisotopic (exact) mass is 288 g/mol. The van der Waals surface area contributed by atoms with Crippen molar-refractivity contribution in [2.45, 2.75) is 33.7 Å². The minimum absolute atomic E-state index is 0.419. The predicted molar refractivity (Wildman–Crippen MR) is 79.4 cm³/mol. The van der Waals surface area contributed by atoms with Crippen molar-refractivity contribution < 1.29 is 0 Å². The van der Waals surface area contributed by atoms with Crippen molar-refractivity contribution in [2.24, 2.45) is 5.92 Å². The zero-order valence-electron chi connectivity index (χ0n) is 11.9. The molecule has 104 valence electrons. The summed E-state index contributed by atoms with van der Waals surface area (Å²) in [6, 6.07) is 7.72. The van der Waals surface area contributed by atoms with E-state index >= 15 is 0 Å². The van der Waals surface area contributed by atoms with Crippen molar-refractivity contribution in [1.82, 2.24) is 14.8 Å². The van der Waals surface area contributed by atoms with Crippen molar-refractivity contribution in [1.29, 1.82) is 5.26 Å². The Morgan fingerprint density at radius 2 is 2.15 bits per heavy atom. The Morgan fingerprint density at radius 3 is 2.75 bits per heavy atom. The van der Waals surface area contributed by atoms with Crippen molar-refractivity contribution in [3.05, 3.63) is 34.7 Å². The number of pyridine rings is 1. The van der Waals surface area contributed by atoms with Crippen LogP contribution in [-0.2, 0) is 6.54 Å². The molecule has 5 heteroatoms. The van der Waals surface area contributed by atoms with Crippen LogP contribution < -0.4 is 0 Å². The van der Waals surface area contributed by atoms with Crippen molar-refractivity contribution in [2.75, 3.05) is 0 Å². The summed E-state index contributed by atoms with van der Waals surface area (Å²) >= 11 is 6.15. The molecule has 0 radical (unpaired) electrons. The molecule has 0 fully saturated rings. The second-order valence-corrected chi connectivity index (χ2v) is 5.58. The van der Waals surface area contributed by atoms with E-state index in [1.165, 1.54) is 0 Å². The lowest BCUT2D eigenvalue weighted by atomic mass is 10.1. The fourth-order valence-electron chi connectivity index (χ4n) is 1.91. The van der Waals surface area contributed by atoms with Crippen LogP contribution in [0.25, 0.3) is 11.3 Å². The molecule has 0 atom stereocenters. The average Bonchev–Trinajstić information content (AvgIpc) is 2.79. The molecule has 0 spiro atoms. The summed E-state index contributed by atoms with van der Waals surface area (Å²) in [5.74, 6) is 0.568. The first-order valence-electron chi connectivity index (χ1n) is 6.62. The van der Waals surface area contributed by atoms with Crippen LogP contribution in [0, 0.1) is 24.2 Å². The Bertz CT molecular complexity index is 652. The summed E-state index contributed by atoms with van der Waals surface area (Å²) in [6.45, 7) is 6.92. The fourth-order valence-corrected chi connectivity index (χ4v) is 2.20. The number of aryl methyl sites for hydroxylation is 2. The van der Waals surface area contributed by atoms with Crippen LogP contribution in [0.5, 0.6) is 0 Å². The normalized spacial score (nSPS) is 10.8. The third-order valence-corrected chi connectivity index (χ3v) is 3.36. The van der Waals surface area contributed by atoms with Crippen molar-refractivity contribution >= 4 is 11.6 Å². The highest BCUT2D eigenvalue weighted by Crippen LogP contribution is 2.26. The van der Waals surface area contributed by atoms with E-state index in [0.29, 0.717) is 22.5 Å². The molecule has 0 bridgehead atoms. The smallest absolute Gasteiger partial charge is 0.139 e. The molecular weight excluding hydrogens is 272 g/mol. The van der Waals surface area contributed by atoms with Gasteiger partial charge >= 0.3 is 0 Å². The highest BCUT2D eigenvalue weighted by atomic mass is 35.5. The van der Waals surface area contributed by atoms with E-state index in [4.69, 9.17) is 11.6 Å². The zero-order valence-corrected chi connectivity index (χ0v) is 12.6. The van der Waals surface area contributed by atoms with Gasteiger partial charge in [0.05, 0.1) is 5.69 Å². The molecule has 0 saturated heterocycles. The lowest BCUT2D eigenvalue weighted by molar-refractivity contribution is 0.485. The van der Waals surface area contributed by atoms with Crippen LogP contribution in [0.1, 0.15) is 31.7 Å². The largest absolute Gasteiger partial charge is 0.254 e. The van der Waals surface area contributed by atoms with E-state index in [-0.39, 0.29) is 0 Å². The number of halogens is 1. The summed E-state index contributed by atoms with van der Waals surface area (Å²) in [5, 5.41) is 14.1. The molecular formula is C15H17ClN4. The number of nitriles is 1. The first-order chi connectivity index (χ1) is 9.51. The molecule has 0 unspecified atom stereocenters. The summed E-state index contributed by atoms with van der Waals surface area (Å²) in [7, 11) is 0. The lowest BCUT2D eigenvalue weighted by Gasteiger charge is -2.05. The number of hydrogen-bond donors (Lipinski definition) is 0. The summed E-state index contributed by atoms with van der Waals surface area (Å²) in [6.07, 6.45) is 0.982. The Labute approximate surface area is 124 Å². The number of nitrogens with zero attached hydrogens (tertiary/aromatic N) is 4. The van der Waals surface area contributed by atoms with E-state index in [1.54, 1.807) is 10.7 Å². The Kier molecular flexibility index (Phi) is 4.41. The second kappa shape index (κ2) is 6.06. The fraction of sp³-hybridized carbons (Fsp3) is 0.400. The van der Waals surface area contributed by atoms with Crippen LogP contribution in [0.3, 0.4) is 0 Å². The molecule has 20 heavy (non-hydrogen) atoms. The van der Waals surface area contributed by atoms with Crippen LogP contribution in [0.4, 0.5) is 0 Å². The van der Waals surface area contributed by atoms with E-state index in [2.05, 4.69) is 30.0 Å². The standard InChI is InChI=1S/C15H17ClN4/c1-10(2)6-7-20-12(9-17)8-14(19-20)13-5-4-11(3)18-15(13)16/h4-5,8,10H,6-7H2,1-3H3. The zero-order chi connectivity index (χ0) is 14.7. The summed E-state index contributed by atoms with van der Waals surface area (Å²) in [4.78, 5) is 4.22. The van der Waals surface area contributed by atoms with Gasteiger partial charge in [0.2, 0.25) is 0 Å². The Hall–Kier alpha value is -1.86. The van der Waals surface area contributed by atoms with Gasteiger partial charge in [0.1, 0.15) is 16.9 Å². The molecule has 0 aliphatic heterocycles. The number of hydrogen-bond acceptors (Lipinski definition) is 3. The maximum absolute atomic E-state index is 9.20. The molecule has 2 aromatic heterocycles. The van der Waals surface area contributed by atoms with Gasteiger partial charge in [0, 0.05) is 23.9 Å². The minimum Gasteiger partial charge on any atom is -0.254 e. The first kappa shape index (κ1) is 14.5. The van der Waals surface area contributed by atoms with E-state index in [0.717, 1.165) is 24.2 Å². The van der Waals surface area contributed by atoms with Crippen molar-refractivity contribution in [3.63, 3.8) is 0 Å². The maximum Gasteiger partial charge on any atom is 0.139 e. The predicted octanol–water partition coefficient (Wildman–Crippen LogP) is 3.82. The van der Waals surface area contributed by atoms with Crippen LogP contribution in [-0.4, -0.2) is 14.8 Å². The molecule has 2 rings (SSSR count). The van der Waals surface area contributed by atoms with Gasteiger partial charge in [0.25, 0.3) is 0 Å². The third kappa shape index (κ3) is 3.17. The number of aromatic nitrogens is 3. The van der Waals surface area contributed by atoms with Gasteiger partial charge in [-0.15, -0.1) is 0 Å². The molecule has 0 aliphatic rings. The second-order valence-electron chi connectivity index (χ2n) is 5.22. The first-order valence-corrected chi connectivity index (χ1v) is 7.00. The van der Waals surface area contributed by atoms with Gasteiger partial charge in [-0.2, -0.15) is 10.4 Å². The third-order valence-electron chi connectivity index (χ3n) is 3.08. The van der Waals surface area contributed by atoms with E-state index < -0.39 is 0 Å². The van der Waals surface area contributed by atoms with Gasteiger partial charge in [-0.05, 0) is 31.4 Å². The molecule has 0 N–H and O–H groups in total. The van der Waals surface area contributed by atoms with Crippen LogP contribution >= 0.6 is 11.6 Å². The lowest BCUT2D eigenvalue weighted by Crippen LogP contribution is -2.05. The summed E-state index contributed by atoms with van der Waals surface area (Å²) < 4.78 is 1.74. The van der Waals surface area contributed by atoms with Gasteiger partial charge in [0.15, 0.2) is 0 Å². The van der Waals surface area contributed by atoms with Gasteiger partial charge in [-0.25, -0.2) is 4.98 Å². The molecule has 0 saturated carbocycles. The molecule has 2 aromatic rings. The van der Waals surface area contributed by atoms with Crippen molar-refractivity contribution in [3.8, 4) is 17.3 Å². The molecule has 2 heterocycles. The molecule has 4 nitrogen and oxygen atoms in total. The van der Waals surface area contributed by atoms with Crippen LogP contribution in [0.2, 0.25) is 5.15 Å². The molecule has 0 aliphatic carbocycles.